The van der Waals surface area contributed by atoms with Crippen LogP contribution in [0.25, 0.3) is 0 Å². The summed E-state index contributed by atoms with van der Waals surface area (Å²) in [5, 5.41) is 5.86. The zero-order chi connectivity index (χ0) is 12.0. The Morgan fingerprint density at radius 2 is 2.44 bits per heavy atom. The number of amides is 1. The van der Waals surface area contributed by atoms with Crippen LogP contribution in [0.3, 0.4) is 0 Å². The molecule has 1 amide bonds. The van der Waals surface area contributed by atoms with E-state index in [2.05, 4.69) is 36.1 Å². The molecule has 1 N–H and O–H groups in total. The number of rotatable bonds is 6. The first-order valence-corrected chi connectivity index (χ1v) is 6.33. The van der Waals surface area contributed by atoms with Crippen LogP contribution in [0.5, 0.6) is 0 Å². The van der Waals surface area contributed by atoms with Crippen LogP contribution in [-0.4, -0.2) is 17.4 Å². The predicted molar refractivity (Wildman–Crippen MR) is 67.7 cm³/mol. The molecule has 0 radical (unpaired) electrons. The van der Waals surface area contributed by atoms with E-state index in [1.54, 1.807) is 17.4 Å². The summed E-state index contributed by atoms with van der Waals surface area (Å²) in [7, 11) is 0. The molecule has 88 valence electrons. The molecule has 16 heavy (non-hydrogen) atoms. The Morgan fingerprint density at radius 3 is 3.00 bits per heavy atom. The lowest BCUT2D eigenvalue weighted by Crippen LogP contribution is -2.23. The number of hydrogen-bond donors (Lipinski definition) is 1. The fourth-order valence-corrected chi connectivity index (χ4v) is 2.16. The molecule has 1 aromatic rings. The zero-order valence-electron chi connectivity index (χ0n) is 9.82. The van der Waals surface area contributed by atoms with E-state index in [-0.39, 0.29) is 5.91 Å². The van der Waals surface area contributed by atoms with Crippen molar-refractivity contribution in [2.45, 2.75) is 32.6 Å². The molecule has 0 unspecified atom stereocenters. The van der Waals surface area contributed by atoms with Crippen molar-refractivity contribution in [2.75, 3.05) is 6.54 Å². The first-order chi connectivity index (χ1) is 7.63. The van der Waals surface area contributed by atoms with Crippen LogP contribution in [-0.2, 0) is 11.2 Å². The van der Waals surface area contributed by atoms with Crippen molar-refractivity contribution >= 4 is 17.2 Å². The van der Waals surface area contributed by atoms with E-state index in [1.807, 2.05) is 0 Å². The molecule has 0 aliphatic rings. The predicted octanol–water partition coefficient (Wildman–Crippen LogP) is 2.50. The molecule has 0 bridgehead atoms. The number of carbonyl (C=O) groups is 1. The highest BCUT2D eigenvalue weighted by molar-refractivity contribution is 7.09. The third-order valence-electron chi connectivity index (χ3n) is 2.17. The Kier molecular flexibility index (Phi) is 5.19. The quantitative estimate of drug-likeness (QED) is 0.774. The highest BCUT2D eigenvalue weighted by Gasteiger charge is 2.07. The minimum Gasteiger partial charge on any atom is -0.353 e. The van der Waals surface area contributed by atoms with E-state index >= 15 is 0 Å². The maximum Gasteiger partial charge on any atom is 0.220 e. The van der Waals surface area contributed by atoms with Gasteiger partial charge in [-0.05, 0) is 5.92 Å². The van der Waals surface area contributed by atoms with E-state index in [0.29, 0.717) is 18.9 Å². The zero-order valence-corrected chi connectivity index (χ0v) is 10.6. The molecular weight excluding hydrogens is 220 g/mol. The van der Waals surface area contributed by atoms with Gasteiger partial charge in [-0.25, -0.2) is 4.98 Å². The average Bonchev–Trinajstić information content (AvgIpc) is 2.72. The second kappa shape index (κ2) is 6.43. The highest BCUT2D eigenvalue weighted by Crippen LogP contribution is 2.18. The van der Waals surface area contributed by atoms with E-state index in [1.165, 1.54) is 0 Å². The second-order valence-electron chi connectivity index (χ2n) is 3.91. The van der Waals surface area contributed by atoms with E-state index in [9.17, 15) is 4.79 Å². The minimum atomic E-state index is 0.0567. The molecule has 0 saturated carbocycles. The van der Waals surface area contributed by atoms with Gasteiger partial charge in [-0.15, -0.1) is 17.9 Å². The average molecular weight is 238 g/mol. The van der Waals surface area contributed by atoms with Crippen molar-refractivity contribution in [3.8, 4) is 0 Å². The van der Waals surface area contributed by atoms with E-state index in [4.69, 9.17) is 0 Å². The molecule has 1 aromatic heterocycles. The van der Waals surface area contributed by atoms with Crippen LogP contribution in [0.2, 0.25) is 0 Å². The normalized spacial score (nSPS) is 10.4. The first-order valence-electron chi connectivity index (χ1n) is 5.45. The van der Waals surface area contributed by atoms with Crippen molar-refractivity contribution in [3.05, 3.63) is 28.7 Å². The summed E-state index contributed by atoms with van der Waals surface area (Å²) >= 11 is 1.63. The molecule has 0 aliphatic carbocycles. The molecule has 4 heteroatoms. The first kappa shape index (κ1) is 12.9. The molecule has 0 saturated heterocycles. The summed E-state index contributed by atoms with van der Waals surface area (Å²) < 4.78 is 0. The Labute approximate surface area is 101 Å². The number of nitrogens with zero attached hydrogens (tertiary/aromatic N) is 1. The van der Waals surface area contributed by atoms with E-state index < -0.39 is 0 Å². The van der Waals surface area contributed by atoms with Gasteiger partial charge in [0.15, 0.2) is 0 Å². The lowest BCUT2D eigenvalue weighted by Gasteiger charge is -2.00. The molecule has 1 heterocycles. The molecular formula is C12H18N2OS. The summed E-state index contributed by atoms with van der Waals surface area (Å²) in [6.45, 7) is 8.33. The summed E-state index contributed by atoms with van der Waals surface area (Å²) in [5.41, 5.74) is 1.12. The number of carbonyl (C=O) groups excluding carboxylic acids is 1. The monoisotopic (exact) mass is 238 g/mol. The Balaban J connectivity index is 2.36. The molecule has 0 aromatic carbocycles. The third kappa shape index (κ3) is 4.14. The van der Waals surface area contributed by atoms with Gasteiger partial charge < -0.3 is 5.32 Å². The van der Waals surface area contributed by atoms with E-state index in [0.717, 1.165) is 17.1 Å². The van der Waals surface area contributed by atoms with Crippen LogP contribution < -0.4 is 5.32 Å². The summed E-state index contributed by atoms with van der Waals surface area (Å²) in [6, 6.07) is 0. The topological polar surface area (TPSA) is 42.0 Å². The third-order valence-corrected chi connectivity index (χ3v) is 3.10. The molecule has 0 spiro atoms. The standard InChI is InChI=1S/C12H18N2OS/c1-4-7-13-11(15)5-6-12-14-10(8-16-12)9(2)3/h4,8-9H,1,5-7H2,2-3H3,(H,13,15). The second-order valence-corrected chi connectivity index (χ2v) is 4.86. The van der Waals surface area contributed by atoms with Crippen LogP contribution in [0.4, 0.5) is 0 Å². The van der Waals surface area contributed by atoms with Crippen molar-refractivity contribution in [1.82, 2.24) is 10.3 Å². The SMILES string of the molecule is C=CCNC(=O)CCc1nc(C(C)C)cs1. The van der Waals surface area contributed by atoms with Crippen molar-refractivity contribution in [2.24, 2.45) is 0 Å². The van der Waals surface area contributed by atoms with Gasteiger partial charge in [-0.2, -0.15) is 0 Å². The van der Waals surface area contributed by atoms with Crippen molar-refractivity contribution < 1.29 is 4.79 Å². The van der Waals surface area contributed by atoms with Gasteiger partial charge in [0.1, 0.15) is 0 Å². The van der Waals surface area contributed by atoms with Gasteiger partial charge in [0.05, 0.1) is 10.7 Å². The molecule has 1 rings (SSSR count). The van der Waals surface area contributed by atoms with Crippen LogP contribution in [0, 0.1) is 0 Å². The Morgan fingerprint density at radius 1 is 1.69 bits per heavy atom. The summed E-state index contributed by atoms with van der Waals surface area (Å²) in [6.07, 6.45) is 2.90. The van der Waals surface area contributed by atoms with Gasteiger partial charge in [0, 0.05) is 24.8 Å². The summed E-state index contributed by atoms with van der Waals surface area (Å²) in [4.78, 5) is 15.8. The van der Waals surface area contributed by atoms with Crippen LogP contribution in [0.1, 0.15) is 36.9 Å². The van der Waals surface area contributed by atoms with Crippen LogP contribution >= 0.6 is 11.3 Å². The Hall–Kier alpha value is -1.16. The van der Waals surface area contributed by atoms with Crippen molar-refractivity contribution in [1.29, 1.82) is 0 Å². The minimum absolute atomic E-state index is 0.0567. The molecule has 0 aliphatic heterocycles. The maximum absolute atomic E-state index is 11.3. The largest absolute Gasteiger partial charge is 0.353 e. The lowest BCUT2D eigenvalue weighted by atomic mass is 10.2. The summed E-state index contributed by atoms with van der Waals surface area (Å²) in [5.74, 6) is 0.515. The van der Waals surface area contributed by atoms with Crippen LogP contribution in [0.15, 0.2) is 18.0 Å². The van der Waals surface area contributed by atoms with Gasteiger partial charge in [-0.1, -0.05) is 19.9 Å². The number of nitrogens with one attached hydrogen (secondary N) is 1. The number of thiazole rings is 1. The lowest BCUT2D eigenvalue weighted by molar-refractivity contribution is -0.120. The van der Waals surface area contributed by atoms with Crippen molar-refractivity contribution in [3.63, 3.8) is 0 Å². The van der Waals surface area contributed by atoms with Gasteiger partial charge >= 0.3 is 0 Å². The fourth-order valence-electron chi connectivity index (χ4n) is 1.20. The smallest absolute Gasteiger partial charge is 0.220 e. The number of aryl methyl sites for hydroxylation is 1. The number of aromatic nitrogens is 1. The number of hydrogen-bond acceptors (Lipinski definition) is 3. The Bertz CT molecular complexity index is 358. The van der Waals surface area contributed by atoms with Gasteiger partial charge in [0.25, 0.3) is 0 Å². The molecule has 3 nitrogen and oxygen atoms in total. The molecule has 0 atom stereocenters. The molecule has 0 fully saturated rings. The van der Waals surface area contributed by atoms with Gasteiger partial charge in [0.2, 0.25) is 5.91 Å². The maximum atomic E-state index is 11.3. The van der Waals surface area contributed by atoms with Gasteiger partial charge in [-0.3, -0.25) is 4.79 Å². The highest BCUT2D eigenvalue weighted by atomic mass is 32.1. The fraction of sp³-hybridized carbons (Fsp3) is 0.500.